The highest BCUT2D eigenvalue weighted by molar-refractivity contribution is 6.28. The molecule has 0 atom stereocenters. The molecule has 0 aliphatic carbocycles. The lowest BCUT2D eigenvalue weighted by atomic mass is 10.2. The molecule has 1 aromatic rings. The van der Waals surface area contributed by atoms with Crippen molar-refractivity contribution < 1.29 is 5.11 Å². The predicted molar refractivity (Wildman–Crippen MR) is 47.9 cm³/mol. The zero-order chi connectivity index (χ0) is 8.97. The summed E-state index contributed by atoms with van der Waals surface area (Å²) in [5.74, 6) is 0. The van der Waals surface area contributed by atoms with Crippen LogP contribution in [0, 0.1) is 6.92 Å². The molecule has 3 nitrogen and oxygen atoms in total. The van der Waals surface area contributed by atoms with Gasteiger partial charge in [-0.05, 0) is 18.5 Å². The SMILES string of the molecule is Cc1nc(Cl)ncc1C=CCO. The van der Waals surface area contributed by atoms with Gasteiger partial charge in [-0.25, -0.2) is 9.97 Å². The van der Waals surface area contributed by atoms with Crippen LogP contribution in [0.15, 0.2) is 12.3 Å². The van der Waals surface area contributed by atoms with E-state index in [0.29, 0.717) is 0 Å². The monoisotopic (exact) mass is 184 g/mol. The van der Waals surface area contributed by atoms with Crippen LogP contribution in [0.1, 0.15) is 11.3 Å². The first-order valence-corrected chi connectivity index (χ1v) is 3.88. The number of aryl methyl sites for hydroxylation is 1. The predicted octanol–water partition coefficient (Wildman–Crippen LogP) is 1.44. The Bertz CT molecular complexity index is 299. The molecule has 0 bridgehead atoms. The van der Waals surface area contributed by atoms with E-state index in [-0.39, 0.29) is 11.9 Å². The van der Waals surface area contributed by atoms with Crippen molar-refractivity contribution in [3.05, 3.63) is 28.8 Å². The number of aromatic nitrogens is 2. The van der Waals surface area contributed by atoms with Gasteiger partial charge in [0.1, 0.15) is 0 Å². The lowest BCUT2D eigenvalue weighted by molar-refractivity contribution is 0.343. The Morgan fingerprint density at radius 3 is 3.00 bits per heavy atom. The van der Waals surface area contributed by atoms with E-state index in [0.717, 1.165) is 11.3 Å². The molecule has 0 spiro atoms. The number of aliphatic hydroxyl groups excluding tert-OH is 1. The minimum Gasteiger partial charge on any atom is -0.392 e. The maximum absolute atomic E-state index is 8.52. The number of hydrogen-bond donors (Lipinski definition) is 1. The van der Waals surface area contributed by atoms with Crippen LogP contribution < -0.4 is 0 Å². The second-order valence-corrected chi connectivity index (χ2v) is 2.60. The fourth-order valence-electron chi connectivity index (χ4n) is 0.791. The fraction of sp³-hybridized carbons (Fsp3) is 0.250. The van der Waals surface area contributed by atoms with Crippen molar-refractivity contribution in [3.63, 3.8) is 0 Å². The minimum absolute atomic E-state index is 0.0159. The normalized spacial score (nSPS) is 10.9. The third-order valence-corrected chi connectivity index (χ3v) is 1.57. The largest absolute Gasteiger partial charge is 0.392 e. The average Bonchev–Trinajstić information content (AvgIpc) is 2.03. The molecule has 0 saturated heterocycles. The first-order valence-electron chi connectivity index (χ1n) is 3.50. The van der Waals surface area contributed by atoms with Gasteiger partial charge in [0.2, 0.25) is 5.28 Å². The average molecular weight is 185 g/mol. The van der Waals surface area contributed by atoms with Gasteiger partial charge in [0, 0.05) is 17.5 Å². The summed E-state index contributed by atoms with van der Waals surface area (Å²) < 4.78 is 0. The number of rotatable bonds is 2. The molecule has 0 unspecified atom stereocenters. The zero-order valence-corrected chi connectivity index (χ0v) is 7.41. The molecule has 1 rings (SSSR count). The van der Waals surface area contributed by atoms with Crippen LogP contribution in [0.3, 0.4) is 0 Å². The molecule has 0 aromatic carbocycles. The molecule has 0 fully saturated rings. The highest BCUT2D eigenvalue weighted by atomic mass is 35.5. The summed E-state index contributed by atoms with van der Waals surface area (Å²) in [7, 11) is 0. The topological polar surface area (TPSA) is 46.0 Å². The van der Waals surface area contributed by atoms with Gasteiger partial charge in [-0.15, -0.1) is 0 Å². The molecule has 1 N–H and O–H groups in total. The minimum atomic E-state index is 0.0159. The van der Waals surface area contributed by atoms with Crippen LogP contribution in [0.2, 0.25) is 5.28 Å². The molecule has 0 aliphatic rings. The van der Waals surface area contributed by atoms with Gasteiger partial charge in [0.25, 0.3) is 0 Å². The summed E-state index contributed by atoms with van der Waals surface area (Å²) in [6, 6.07) is 0. The second kappa shape index (κ2) is 4.18. The van der Waals surface area contributed by atoms with Crippen LogP contribution in [-0.2, 0) is 0 Å². The number of aliphatic hydroxyl groups is 1. The highest BCUT2D eigenvalue weighted by Crippen LogP contribution is 2.08. The first kappa shape index (κ1) is 9.16. The van der Waals surface area contributed by atoms with Gasteiger partial charge in [-0.1, -0.05) is 12.2 Å². The summed E-state index contributed by atoms with van der Waals surface area (Å²) in [6.07, 6.45) is 5.00. The van der Waals surface area contributed by atoms with Crippen molar-refractivity contribution in [2.45, 2.75) is 6.92 Å². The maximum atomic E-state index is 8.52. The molecule has 4 heteroatoms. The Balaban J connectivity index is 2.94. The summed E-state index contributed by atoms with van der Waals surface area (Å²) in [5, 5.41) is 8.76. The molecule has 0 radical (unpaired) electrons. The fourth-order valence-corrected chi connectivity index (χ4v) is 0.967. The summed E-state index contributed by atoms with van der Waals surface area (Å²) in [6.45, 7) is 1.85. The third kappa shape index (κ3) is 2.29. The molecule has 0 aliphatic heterocycles. The van der Waals surface area contributed by atoms with Gasteiger partial charge in [-0.2, -0.15) is 0 Å². The van der Waals surface area contributed by atoms with Gasteiger partial charge >= 0.3 is 0 Å². The Kier molecular flexibility index (Phi) is 3.19. The van der Waals surface area contributed by atoms with Crippen molar-refractivity contribution in [3.8, 4) is 0 Å². The van der Waals surface area contributed by atoms with Crippen LogP contribution >= 0.6 is 11.6 Å². The van der Waals surface area contributed by atoms with Crippen molar-refractivity contribution in [2.75, 3.05) is 6.61 Å². The maximum Gasteiger partial charge on any atom is 0.222 e. The Morgan fingerprint density at radius 2 is 2.42 bits per heavy atom. The van der Waals surface area contributed by atoms with Crippen molar-refractivity contribution in [1.29, 1.82) is 0 Å². The molecule has 0 saturated carbocycles. The van der Waals surface area contributed by atoms with E-state index in [1.54, 1.807) is 18.3 Å². The van der Waals surface area contributed by atoms with Crippen molar-refractivity contribution >= 4 is 17.7 Å². The summed E-state index contributed by atoms with van der Waals surface area (Å²) >= 11 is 5.56. The molecular weight excluding hydrogens is 176 g/mol. The van der Waals surface area contributed by atoms with Gasteiger partial charge in [0.05, 0.1) is 6.61 Å². The molecule has 0 amide bonds. The van der Waals surface area contributed by atoms with E-state index >= 15 is 0 Å². The molecule has 1 aromatic heterocycles. The zero-order valence-electron chi connectivity index (χ0n) is 6.66. The van der Waals surface area contributed by atoms with Crippen LogP contribution in [-0.4, -0.2) is 21.7 Å². The number of halogens is 1. The smallest absolute Gasteiger partial charge is 0.222 e. The first-order chi connectivity index (χ1) is 5.74. The standard InChI is InChI=1S/C8H9ClN2O/c1-6-7(3-2-4-12)5-10-8(9)11-6/h2-3,5,12H,4H2,1H3. The summed E-state index contributed by atoms with van der Waals surface area (Å²) in [5.41, 5.74) is 1.67. The molecular formula is C8H9ClN2O. The highest BCUT2D eigenvalue weighted by Gasteiger charge is 1.96. The summed E-state index contributed by atoms with van der Waals surface area (Å²) in [4.78, 5) is 7.76. The van der Waals surface area contributed by atoms with Gasteiger partial charge < -0.3 is 5.11 Å². The Morgan fingerprint density at radius 1 is 1.67 bits per heavy atom. The Labute approximate surface area is 75.7 Å². The van der Waals surface area contributed by atoms with Crippen LogP contribution in [0.4, 0.5) is 0 Å². The lowest BCUT2D eigenvalue weighted by Crippen LogP contribution is -1.90. The van der Waals surface area contributed by atoms with Crippen molar-refractivity contribution in [1.82, 2.24) is 9.97 Å². The molecule has 1 heterocycles. The van der Waals surface area contributed by atoms with E-state index in [2.05, 4.69) is 9.97 Å². The molecule has 12 heavy (non-hydrogen) atoms. The van der Waals surface area contributed by atoms with E-state index in [1.165, 1.54) is 0 Å². The van der Waals surface area contributed by atoms with E-state index in [9.17, 15) is 0 Å². The number of hydrogen-bond acceptors (Lipinski definition) is 3. The molecule has 64 valence electrons. The Hall–Kier alpha value is -0.930. The third-order valence-electron chi connectivity index (χ3n) is 1.39. The van der Waals surface area contributed by atoms with Gasteiger partial charge in [0.15, 0.2) is 0 Å². The van der Waals surface area contributed by atoms with Gasteiger partial charge in [-0.3, -0.25) is 0 Å². The van der Waals surface area contributed by atoms with E-state index < -0.39 is 0 Å². The quantitative estimate of drug-likeness (QED) is 0.708. The van der Waals surface area contributed by atoms with Crippen LogP contribution in [0.5, 0.6) is 0 Å². The van der Waals surface area contributed by atoms with Crippen LogP contribution in [0.25, 0.3) is 6.08 Å². The lowest BCUT2D eigenvalue weighted by Gasteiger charge is -1.97. The van der Waals surface area contributed by atoms with E-state index in [4.69, 9.17) is 16.7 Å². The van der Waals surface area contributed by atoms with E-state index in [1.807, 2.05) is 6.92 Å². The second-order valence-electron chi connectivity index (χ2n) is 2.26. The number of nitrogens with zero attached hydrogens (tertiary/aromatic N) is 2. The van der Waals surface area contributed by atoms with Crippen molar-refractivity contribution in [2.24, 2.45) is 0 Å².